The molecule has 1 aromatic heterocycles. The molecule has 0 spiro atoms. The summed E-state index contributed by atoms with van der Waals surface area (Å²) >= 11 is 0. The number of nitrogens with zero attached hydrogens (tertiary/aromatic N) is 3. The highest BCUT2D eigenvalue weighted by atomic mass is 16.5. The van der Waals surface area contributed by atoms with Crippen LogP contribution in [0.4, 0.5) is 0 Å². The SMILES string of the molecule is CCNCc1c(OC)cnn1CCN(C)C. The summed E-state index contributed by atoms with van der Waals surface area (Å²) < 4.78 is 7.29. The molecule has 0 bridgehead atoms. The van der Waals surface area contributed by atoms with Crippen LogP contribution < -0.4 is 10.1 Å². The molecule has 0 saturated carbocycles. The molecule has 1 N–H and O–H groups in total. The fourth-order valence-corrected chi connectivity index (χ4v) is 1.47. The third-order valence-corrected chi connectivity index (χ3v) is 2.43. The summed E-state index contributed by atoms with van der Waals surface area (Å²) in [6.07, 6.45) is 1.78. The monoisotopic (exact) mass is 226 g/mol. The van der Waals surface area contributed by atoms with E-state index in [1.807, 2.05) is 4.68 Å². The van der Waals surface area contributed by atoms with E-state index in [9.17, 15) is 0 Å². The molecule has 0 radical (unpaired) electrons. The lowest BCUT2D eigenvalue weighted by molar-refractivity contribution is 0.364. The number of methoxy groups -OCH3 is 1. The Hall–Kier alpha value is -1.07. The maximum Gasteiger partial charge on any atom is 0.161 e. The molecule has 0 fully saturated rings. The molecule has 0 unspecified atom stereocenters. The van der Waals surface area contributed by atoms with Gasteiger partial charge < -0.3 is 15.0 Å². The van der Waals surface area contributed by atoms with Gasteiger partial charge in [-0.25, -0.2) is 0 Å². The van der Waals surface area contributed by atoms with Gasteiger partial charge in [-0.1, -0.05) is 6.92 Å². The third kappa shape index (κ3) is 3.50. The van der Waals surface area contributed by atoms with Crippen LogP contribution in [-0.2, 0) is 13.1 Å². The van der Waals surface area contributed by atoms with Crippen LogP contribution in [0, 0.1) is 0 Å². The number of likely N-dealkylation sites (N-methyl/N-ethyl adjacent to an activating group) is 1. The van der Waals surface area contributed by atoms with Crippen molar-refractivity contribution in [2.75, 3.05) is 34.3 Å². The number of hydrogen-bond acceptors (Lipinski definition) is 4. The van der Waals surface area contributed by atoms with Crippen LogP contribution in [0.5, 0.6) is 5.75 Å². The molecule has 1 aromatic rings. The number of aromatic nitrogens is 2. The first kappa shape index (κ1) is 13.0. The van der Waals surface area contributed by atoms with Gasteiger partial charge in [0.15, 0.2) is 5.75 Å². The van der Waals surface area contributed by atoms with Crippen molar-refractivity contribution in [3.63, 3.8) is 0 Å². The summed E-state index contributed by atoms with van der Waals surface area (Å²) in [5.41, 5.74) is 1.12. The molecular formula is C11H22N4O. The largest absolute Gasteiger partial charge is 0.493 e. The Balaban J connectivity index is 2.70. The van der Waals surface area contributed by atoms with Crippen LogP contribution in [-0.4, -0.2) is 49.0 Å². The highest BCUT2D eigenvalue weighted by Crippen LogP contribution is 2.16. The van der Waals surface area contributed by atoms with E-state index in [2.05, 4.69) is 36.3 Å². The van der Waals surface area contributed by atoms with Crippen LogP contribution in [0.2, 0.25) is 0 Å². The molecule has 92 valence electrons. The lowest BCUT2D eigenvalue weighted by Gasteiger charge is -2.12. The lowest BCUT2D eigenvalue weighted by Crippen LogP contribution is -2.22. The maximum absolute atomic E-state index is 5.29. The zero-order chi connectivity index (χ0) is 12.0. The Bertz CT molecular complexity index is 309. The zero-order valence-electron chi connectivity index (χ0n) is 10.7. The quantitative estimate of drug-likeness (QED) is 0.738. The third-order valence-electron chi connectivity index (χ3n) is 2.43. The van der Waals surface area contributed by atoms with E-state index < -0.39 is 0 Å². The summed E-state index contributed by atoms with van der Waals surface area (Å²) in [7, 11) is 5.80. The van der Waals surface area contributed by atoms with Crippen molar-refractivity contribution in [3.05, 3.63) is 11.9 Å². The number of ether oxygens (including phenoxy) is 1. The van der Waals surface area contributed by atoms with E-state index >= 15 is 0 Å². The van der Waals surface area contributed by atoms with E-state index in [1.54, 1.807) is 13.3 Å². The first-order valence-corrected chi connectivity index (χ1v) is 5.63. The molecule has 1 heterocycles. The average Bonchev–Trinajstić information content (AvgIpc) is 2.65. The van der Waals surface area contributed by atoms with Gasteiger partial charge in [0.1, 0.15) is 0 Å². The van der Waals surface area contributed by atoms with Gasteiger partial charge in [-0.15, -0.1) is 0 Å². The predicted octanol–water partition coefficient (Wildman–Crippen LogP) is 0.563. The fraction of sp³-hybridized carbons (Fsp3) is 0.727. The molecule has 0 aromatic carbocycles. The summed E-state index contributed by atoms with van der Waals surface area (Å²) in [6.45, 7) is 5.70. The van der Waals surface area contributed by atoms with Gasteiger partial charge in [0.05, 0.1) is 25.5 Å². The normalized spacial score (nSPS) is 11.1. The summed E-state index contributed by atoms with van der Waals surface area (Å²) in [5, 5.41) is 7.64. The Morgan fingerprint density at radius 2 is 2.25 bits per heavy atom. The second-order valence-electron chi connectivity index (χ2n) is 3.97. The summed E-state index contributed by atoms with van der Waals surface area (Å²) in [4.78, 5) is 2.14. The first-order valence-electron chi connectivity index (χ1n) is 5.63. The van der Waals surface area contributed by atoms with Crippen LogP contribution >= 0.6 is 0 Å². The zero-order valence-corrected chi connectivity index (χ0v) is 10.7. The van der Waals surface area contributed by atoms with Crippen molar-refractivity contribution >= 4 is 0 Å². The first-order chi connectivity index (χ1) is 7.69. The minimum atomic E-state index is 0.799. The fourth-order valence-electron chi connectivity index (χ4n) is 1.47. The van der Waals surface area contributed by atoms with E-state index in [0.29, 0.717) is 0 Å². The Kier molecular flexibility index (Phi) is 5.28. The second-order valence-corrected chi connectivity index (χ2v) is 3.97. The molecule has 0 aliphatic heterocycles. The van der Waals surface area contributed by atoms with Gasteiger partial charge in [0.2, 0.25) is 0 Å². The van der Waals surface area contributed by atoms with E-state index in [-0.39, 0.29) is 0 Å². The molecule has 16 heavy (non-hydrogen) atoms. The van der Waals surface area contributed by atoms with Crippen LogP contribution in [0.1, 0.15) is 12.6 Å². The van der Waals surface area contributed by atoms with Crippen LogP contribution in [0.3, 0.4) is 0 Å². The molecule has 0 saturated heterocycles. The highest BCUT2D eigenvalue weighted by Gasteiger charge is 2.10. The van der Waals surface area contributed by atoms with Crippen molar-refractivity contribution in [1.29, 1.82) is 0 Å². The van der Waals surface area contributed by atoms with Gasteiger partial charge in [-0.05, 0) is 20.6 Å². The van der Waals surface area contributed by atoms with Crippen molar-refractivity contribution in [3.8, 4) is 5.75 Å². The molecular weight excluding hydrogens is 204 g/mol. The Morgan fingerprint density at radius 3 is 2.81 bits per heavy atom. The predicted molar refractivity (Wildman–Crippen MR) is 64.7 cm³/mol. The molecule has 5 nitrogen and oxygen atoms in total. The molecule has 0 atom stereocenters. The van der Waals surface area contributed by atoms with Crippen LogP contribution in [0.25, 0.3) is 0 Å². The summed E-state index contributed by atoms with van der Waals surface area (Å²) in [5.74, 6) is 0.861. The highest BCUT2D eigenvalue weighted by molar-refractivity contribution is 5.24. The van der Waals surface area contributed by atoms with Gasteiger partial charge in [-0.3, -0.25) is 4.68 Å². The van der Waals surface area contributed by atoms with Gasteiger partial charge in [-0.2, -0.15) is 5.10 Å². The lowest BCUT2D eigenvalue weighted by atomic mass is 10.3. The van der Waals surface area contributed by atoms with Crippen molar-refractivity contribution < 1.29 is 4.74 Å². The van der Waals surface area contributed by atoms with Crippen LogP contribution in [0.15, 0.2) is 6.20 Å². The standard InChI is InChI=1S/C11H22N4O/c1-5-12-8-10-11(16-4)9-13-15(10)7-6-14(2)3/h9,12H,5-8H2,1-4H3. The topological polar surface area (TPSA) is 42.3 Å². The minimum Gasteiger partial charge on any atom is -0.493 e. The Labute approximate surface area is 97.4 Å². The smallest absolute Gasteiger partial charge is 0.161 e. The minimum absolute atomic E-state index is 0.799. The van der Waals surface area contributed by atoms with Crippen molar-refractivity contribution in [2.24, 2.45) is 0 Å². The maximum atomic E-state index is 5.29. The van der Waals surface area contributed by atoms with Gasteiger partial charge in [0, 0.05) is 13.1 Å². The van der Waals surface area contributed by atoms with Crippen molar-refractivity contribution in [1.82, 2.24) is 20.0 Å². The summed E-state index contributed by atoms with van der Waals surface area (Å²) in [6, 6.07) is 0. The number of rotatable bonds is 7. The average molecular weight is 226 g/mol. The second kappa shape index (κ2) is 6.50. The number of hydrogen-bond donors (Lipinski definition) is 1. The van der Waals surface area contributed by atoms with E-state index in [0.717, 1.165) is 37.6 Å². The molecule has 1 rings (SSSR count). The van der Waals surface area contributed by atoms with E-state index in [4.69, 9.17) is 4.74 Å². The Morgan fingerprint density at radius 1 is 1.50 bits per heavy atom. The molecule has 0 aliphatic rings. The molecule has 0 aliphatic carbocycles. The van der Waals surface area contributed by atoms with Gasteiger partial charge in [0.25, 0.3) is 0 Å². The molecule has 0 amide bonds. The van der Waals surface area contributed by atoms with E-state index in [1.165, 1.54) is 0 Å². The molecule has 5 heteroatoms. The number of nitrogens with one attached hydrogen (secondary N) is 1. The van der Waals surface area contributed by atoms with Crippen molar-refractivity contribution in [2.45, 2.75) is 20.0 Å². The van der Waals surface area contributed by atoms with Gasteiger partial charge >= 0.3 is 0 Å².